The zero-order chi connectivity index (χ0) is 12.4. The van der Waals surface area contributed by atoms with Gasteiger partial charge in [0.05, 0.1) is 18.3 Å². The Morgan fingerprint density at radius 3 is 2.78 bits per heavy atom. The van der Waals surface area contributed by atoms with Crippen LogP contribution in [0.3, 0.4) is 0 Å². The SMILES string of the molecule is NCc1ccn(Cc2ccn(C3CCCC3)n2)c1. The summed E-state index contributed by atoms with van der Waals surface area (Å²) in [5.74, 6) is 0. The first kappa shape index (κ1) is 11.5. The lowest BCUT2D eigenvalue weighted by Crippen LogP contribution is -2.06. The lowest BCUT2D eigenvalue weighted by molar-refractivity contribution is 0.461. The van der Waals surface area contributed by atoms with Gasteiger partial charge in [-0.05, 0) is 30.5 Å². The molecular weight excluding hydrogens is 224 g/mol. The van der Waals surface area contributed by atoms with Gasteiger partial charge < -0.3 is 10.3 Å². The molecular formula is C14H20N4. The van der Waals surface area contributed by atoms with Gasteiger partial charge in [0.25, 0.3) is 0 Å². The van der Waals surface area contributed by atoms with Crippen molar-refractivity contribution < 1.29 is 0 Å². The van der Waals surface area contributed by atoms with Crippen molar-refractivity contribution in [2.24, 2.45) is 5.73 Å². The van der Waals surface area contributed by atoms with Crippen molar-refractivity contribution >= 4 is 0 Å². The lowest BCUT2D eigenvalue weighted by atomic mass is 10.3. The van der Waals surface area contributed by atoms with E-state index in [0.717, 1.165) is 12.2 Å². The Balaban J connectivity index is 1.69. The summed E-state index contributed by atoms with van der Waals surface area (Å²) in [7, 11) is 0. The number of nitrogens with zero attached hydrogens (tertiary/aromatic N) is 3. The highest BCUT2D eigenvalue weighted by atomic mass is 15.3. The van der Waals surface area contributed by atoms with Gasteiger partial charge >= 0.3 is 0 Å². The van der Waals surface area contributed by atoms with Gasteiger partial charge in [0.15, 0.2) is 0 Å². The molecule has 0 aliphatic heterocycles. The molecule has 2 heterocycles. The molecule has 1 saturated carbocycles. The molecule has 0 atom stereocenters. The summed E-state index contributed by atoms with van der Waals surface area (Å²) in [6, 6.07) is 4.82. The smallest absolute Gasteiger partial charge is 0.0821 e. The monoisotopic (exact) mass is 244 g/mol. The van der Waals surface area contributed by atoms with Crippen LogP contribution in [0.4, 0.5) is 0 Å². The molecule has 0 amide bonds. The molecule has 0 saturated heterocycles. The molecule has 4 nitrogen and oxygen atoms in total. The highest BCUT2D eigenvalue weighted by molar-refractivity contribution is 5.11. The lowest BCUT2D eigenvalue weighted by Gasteiger charge is -2.08. The maximum absolute atomic E-state index is 5.61. The van der Waals surface area contributed by atoms with Crippen molar-refractivity contribution in [3.63, 3.8) is 0 Å². The molecule has 2 aromatic rings. The summed E-state index contributed by atoms with van der Waals surface area (Å²) < 4.78 is 4.29. The van der Waals surface area contributed by atoms with Gasteiger partial charge in [-0.2, -0.15) is 5.10 Å². The maximum atomic E-state index is 5.61. The van der Waals surface area contributed by atoms with Crippen LogP contribution in [0.15, 0.2) is 30.7 Å². The molecule has 1 fully saturated rings. The van der Waals surface area contributed by atoms with Crippen LogP contribution in [0.2, 0.25) is 0 Å². The van der Waals surface area contributed by atoms with Gasteiger partial charge in [-0.15, -0.1) is 0 Å². The van der Waals surface area contributed by atoms with Crippen molar-refractivity contribution in [3.05, 3.63) is 42.0 Å². The van der Waals surface area contributed by atoms with Gasteiger partial charge in [0.2, 0.25) is 0 Å². The quantitative estimate of drug-likeness (QED) is 0.897. The summed E-state index contributed by atoms with van der Waals surface area (Å²) in [4.78, 5) is 0. The summed E-state index contributed by atoms with van der Waals surface area (Å²) in [6.45, 7) is 1.43. The molecule has 0 spiro atoms. The van der Waals surface area contributed by atoms with Gasteiger partial charge in [-0.3, -0.25) is 4.68 Å². The van der Waals surface area contributed by atoms with E-state index in [1.165, 1.54) is 31.2 Å². The second-order valence-corrected chi connectivity index (χ2v) is 5.12. The van der Waals surface area contributed by atoms with Gasteiger partial charge in [0.1, 0.15) is 0 Å². The number of hydrogen-bond donors (Lipinski definition) is 1. The minimum atomic E-state index is 0.601. The fourth-order valence-corrected chi connectivity index (χ4v) is 2.73. The number of rotatable bonds is 4. The van der Waals surface area contributed by atoms with Crippen LogP contribution in [0, 0.1) is 0 Å². The average Bonchev–Trinajstić information content (AvgIpc) is 3.10. The van der Waals surface area contributed by atoms with Crippen LogP contribution >= 0.6 is 0 Å². The Morgan fingerprint density at radius 1 is 1.22 bits per heavy atom. The molecule has 96 valence electrons. The molecule has 0 unspecified atom stereocenters. The molecule has 3 rings (SSSR count). The second-order valence-electron chi connectivity index (χ2n) is 5.12. The van der Waals surface area contributed by atoms with E-state index in [1.54, 1.807) is 0 Å². The molecule has 18 heavy (non-hydrogen) atoms. The topological polar surface area (TPSA) is 48.8 Å². The normalized spacial score (nSPS) is 16.5. The highest BCUT2D eigenvalue weighted by Gasteiger charge is 2.17. The van der Waals surface area contributed by atoms with E-state index in [4.69, 9.17) is 5.73 Å². The van der Waals surface area contributed by atoms with E-state index in [0.29, 0.717) is 12.6 Å². The summed E-state index contributed by atoms with van der Waals surface area (Å²) >= 11 is 0. The molecule has 0 radical (unpaired) electrons. The first-order valence-electron chi connectivity index (χ1n) is 6.74. The van der Waals surface area contributed by atoms with Crippen molar-refractivity contribution in [1.82, 2.24) is 14.3 Å². The largest absolute Gasteiger partial charge is 0.348 e. The minimum absolute atomic E-state index is 0.601. The highest BCUT2D eigenvalue weighted by Crippen LogP contribution is 2.28. The van der Waals surface area contributed by atoms with E-state index >= 15 is 0 Å². The zero-order valence-electron chi connectivity index (χ0n) is 10.6. The molecule has 1 aliphatic rings. The Bertz CT molecular complexity index is 505. The van der Waals surface area contributed by atoms with Crippen LogP contribution in [0.25, 0.3) is 0 Å². The summed E-state index contributed by atoms with van der Waals surface area (Å²) in [6.07, 6.45) is 11.5. The number of nitrogens with two attached hydrogens (primary N) is 1. The first-order valence-corrected chi connectivity index (χ1v) is 6.74. The van der Waals surface area contributed by atoms with E-state index in [2.05, 4.69) is 45.1 Å². The predicted octanol–water partition coefficient (Wildman–Crippen LogP) is 2.31. The van der Waals surface area contributed by atoms with E-state index in [1.807, 2.05) is 0 Å². The third-order valence-electron chi connectivity index (χ3n) is 3.75. The predicted molar refractivity (Wildman–Crippen MR) is 71.2 cm³/mol. The zero-order valence-corrected chi connectivity index (χ0v) is 10.6. The molecule has 0 bridgehead atoms. The minimum Gasteiger partial charge on any atom is -0.348 e. The fourth-order valence-electron chi connectivity index (χ4n) is 2.73. The maximum Gasteiger partial charge on any atom is 0.0821 e. The fraction of sp³-hybridized carbons (Fsp3) is 0.500. The summed E-state index contributed by atoms with van der Waals surface area (Å²) in [5.41, 5.74) is 7.91. The van der Waals surface area contributed by atoms with Crippen molar-refractivity contribution in [1.29, 1.82) is 0 Å². The molecule has 2 aromatic heterocycles. The van der Waals surface area contributed by atoms with Crippen molar-refractivity contribution in [3.8, 4) is 0 Å². The van der Waals surface area contributed by atoms with Crippen LogP contribution in [0.1, 0.15) is 43.0 Å². The molecule has 1 aliphatic carbocycles. The van der Waals surface area contributed by atoms with Crippen LogP contribution in [0.5, 0.6) is 0 Å². The first-order chi connectivity index (χ1) is 8.85. The van der Waals surface area contributed by atoms with Crippen molar-refractivity contribution in [2.45, 2.75) is 44.8 Å². The molecule has 4 heteroatoms. The van der Waals surface area contributed by atoms with Crippen LogP contribution < -0.4 is 5.73 Å². The van der Waals surface area contributed by atoms with E-state index in [9.17, 15) is 0 Å². The van der Waals surface area contributed by atoms with Crippen molar-refractivity contribution in [2.75, 3.05) is 0 Å². The van der Waals surface area contributed by atoms with Gasteiger partial charge in [-0.25, -0.2) is 0 Å². The van der Waals surface area contributed by atoms with Crippen LogP contribution in [-0.2, 0) is 13.1 Å². The van der Waals surface area contributed by atoms with E-state index < -0.39 is 0 Å². The number of aromatic nitrogens is 3. The summed E-state index contributed by atoms with van der Waals surface area (Å²) in [5, 5.41) is 4.69. The molecule has 2 N–H and O–H groups in total. The Morgan fingerprint density at radius 2 is 2.06 bits per heavy atom. The third-order valence-corrected chi connectivity index (χ3v) is 3.75. The van der Waals surface area contributed by atoms with E-state index in [-0.39, 0.29) is 0 Å². The van der Waals surface area contributed by atoms with Gasteiger partial charge in [0, 0.05) is 25.1 Å². The Labute approximate surface area is 107 Å². The Hall–Kier alpha value is -1.55. The Kier molecular flexibility index (Phi) is 3.19. The van der Waals surface area contributed by atoms with Crippen LogP contribution in [-0.4, -0.2) is 14.3 Å². The third kappa shape index (κ3) is 2.34. The average molecular weight is 244 g/mol. The second kappa shape index (κ2) is 4.98. The standard InChI is InChI=1S/C14H20N4/c15-9-12-5-7-17(10-12)11-13-6-8-18(16-13)14-3-1-2-4-14/h5-8,10,14H,1-4,9,11,15H2. The van der Waals surface area contributed by atoms with Gasteiger partial charge in [-0.1, -0.05) is 12.8 Å². The molecule has 0 aromatic carbocycles. The number of hydrogen-bond acceptors (Lipinski definition) is 2.